The van der Waals surface area contributed by atoms with E-state index in [0.29, 0.717) is 22.9 Å². The van der Waals surface area contributed by atoms with Crippen molar-refractivity contribution in [2.75, 3.05) is 13.2 Å². The number of hydrogen-bond acceptors (Lipinski definition) is 5. The Morgan fingerprint density at radius 2 is 1.88 bits per heavy atom. The van der Waals surface area contributed by atoms with Crippen molar-refractivity contribution in [1.29, 1.82) is 0 Å². The fraction of sp³-hybridized carbons (Fsp3) is 0.458. The summed E-state index contributed by atoms with van der Waals surface area (Å²) in [5.41, 5.74) is 2.38. The number of amides is 1. The van der Waals surface area contributed by atoms with Crippen molar-refractivity contribution in [2.45, 2.75) is 52.5 Å². The lowest BCUT2D eigenvalue weighted by molar-refractivity contribution is -0.139. The smallest absolute Gasteiger partial charge is 0.349 e. The molecule has 2 aromatic rings. The third-order valence-electron chi connectivity index (χ3n) is 5.84. The molecule has 1 fully saturated rings. The fourth-order valence-corrected chi connectivity index (χ4v) is 5.33. The highest BCUT2D eigenvalue weighted by atomic mass is 32.1. The summed E-state index contributed by atoms with van der Waals surface area (Å²) in [6.45, 7) is 3.98. The van der Waals surface area contributed by atoms with Gasteiger partial charge in [0.25, 0.3) is 0 Å². The first-order valence-corrected chi connectivity index (χ1v) is 11.6. The lowest BCUT2D eigenvalue weighted by Crippen LogP contribution is -2.33. The van der Waals surface area contributed by atoms with Crippen molar-refractivity contribution in [3.63, 3.8) is 0 Å². The number of carboxylic acid groups (broad SMARTS) is 2. The van der Waals surface area contributed by atoms with Gasteiger partial charge in [0.15, 0.2) is 11.5 Å². The summed E-state index contributed by atoms with van der Waals surface area (Å²) in [7, 11) is 0. The molecule has 0 bridgehead atoms. The van der Waals surface area contributed by atoms with E-state index in [2.05, 4.69) is 0 Å². The van der Waals surface area contributed by atoms with Gasteiger partial charge < -0.3 is 19.8 Å². The zero-order valence-corrected chi connectivity index (χ0v) is 19.2. The SMILES string of the molecule is CC(=O)N(Cc1cccc(-c2sc(C(=O)O)c(OCC(=O)O)c2C)c1)CC1CCCCC1. The van der Waals surface area contributed by atoms with Crippen molar-refractivity contribution < 1.29 is 29.3 Å². The van der Waals surface area contributed by atoms with E-state index in [1.54, 1.807) is 13.8 Å². The first-order valence-electron chi connectivity index (χ1n) is 10.8. The van der Waals surface area contributed by atoms with Gasteiger partial charge in [-0.05, 0) is 42.9 Å². The number of nitrogens with zero attached hydrogens (tertiary/aromatic N) is 1. The minimum absolute atomic E-state index is 0.0215. The van der Waals surface area contributed by atoms with Gasteiger partial charge >= 0.3 is 11.9 Å². The Hall–Kier alpha value is -2.87. The Kier molecular flexibility index (Phi) is 7.90. The van der Waals surface area contributed by atoms with E-state index in [9.17, 15) is 19.5 Å². The van der Waals surface area contributed by atoms with Crippen LogP contribution in [0, 0.1) is 12.8 Å². The normalized spacial score (nSPS) is 14.2. The molecule has 1 aliphatic carbocycles. The largest absolute Gasteiger partial charge is 0.480 e. The fourth-order valence-electron chi connectivity index (χ4n) is 4.24. The Labute approximate surface area is 191 Å². The lowest BCUT2D eigenvalue weighted by Gasteiger charge is -2.29. The topological polar surface area (TPSA) is 104 Å². The molecule has 1 aromatic heterocycles. The highest BCUT2D eigenvalue weighted by molar-refractivity contribution is 7.18. The molecule has 172 valence electrons. The first kappa shape index (κ1) is 23.8. The summed E-state index contributed by atoms with van der Waals surface area (Å²) in [6.07, 6.45) is 6.04. The number of carboxylic acids is 2. The zero-order valence-electron chi connectivity index (χ0n) is 18.4. The van der Waals surface area contributed by atoms with E-state index in [1.165, 1.54) is 19.3 Å². The van der Waals surface area contributed by atoms with Crippen LogP contribution in [0.15, 0.2) is 24.3 Å². The van der Waals surface area contributed by atoms with Crippen molar-refractivity contribution in [1.82, 2.24) is 4.90 Å². The highest BCUT2D eigenvalue weighted by Crippen LogP contribution is 2.41. The molecule has 1 aromatic carbocycles. The standard InChI is InChI=1S/C24H29NO6S/c1-15-21(31-14-20(27)28)23(24(29)30)32-22(15)19-10-6-9-18(11-19)13-25(16(2)26)12-17-7-4-3-5-8-17/h6,9-11,17H,3-5,7-8,12-14H2,1-2H3,(H,27,28)(H,29,30). The van der Waals surface area contributed by atoms with Crippen molar-refractivity contribution in [3.8, 4) is 16.2 Å². The number of benzene rings is 1. The molecule has 0 aliphatic heterocycles. The van der Waals surface area contributed by atoms with Gasteiger partial charge in [-0.3, -0.25) is 4.79 Å². The molecule has 2 N–H and O–H groups in total. The van der Waals surface area contributed by atoms with E-state index in [-0.39, 0.29) is 16.5 Å². The molecule has 0 atom stereocenters. The summed E-state index contributed by atoms with van der Waals surface area (Å²) >= 11 is 1.06. The first-order chi connectivity index (χ1) is 15.3. The monoisotopic (exact) mass is 459 g/mol. The van der Waals surface area contributed by atoms with Crippen LogP contribution in [0.5, 0.6) is 5.75 Å². The third kappa shape index (κ3) is 5.88. The Balaban J connectivity index is 1.84. The van der Waals surface area contributed by atoms with E-state index in [0.717, 1.165) is 41.9 Å². The number of carbonyl (C=O) groups is 3. The number of hydrogen-bond donors (Lipinski definition) is 2. The molecule has 3 rings (SSSR count). The molecule has 8 heteroatoms. The lowest BCUT2D eigenvalue weighted by atomic mass is 9.89. The number of carbonyl (C=O) groups excluding carboxylic acids is 1. The van der Waals surface area contributed by atoms with Crippen LogP contribution >= 0.6 is 11.3 Å². The number of ether oxygens (including phenoxy) is 1. The molecular formula is C24H29NO6S. The van der Waals surface area contributed by atoms with E-state index in [1.807, 2.05) is 29.2 Å². The van der Waals surface area contributed by atoms with Crippen LogP contribution in [0.25, 0.3) is 10.4 Å². The van der Waals surface area contributed by atoms with Gasteiger partial charge in [-0.2, -0.15) is 0 Å². The minimum Gasteiger partial charge on any atom is -0.480 e. The van der Waals surface area contributed by atoms with Crippen LogP contribution in [0.4, 0.5) is 0 Å². The maximum absolute atomic E-state index is 12.3. The van der Waals surface area contributed by atoms with Crippen LogP contribution in [0.1, 0.15) is 59.8 Å². The molecule has 32 heavy (non-hydrogen) atoms. The Morgan fingerprint density at radius 1 is 1.16 bits per heavy atom. The number of aromatic carboxylic acids is 1. The number of aliphatic carboxylic acids is 1. The molecule has 0 spiro atoms. The van der Waals surface area contributed by atoms with Gasteiger partial charge in [0.1, 0.15) is 5.75 Å². The van der Waals surface area contributed by atoms with E-state index in [4.69, 9.17) is 9.84 Å². The summed E-state index contributed by atoms with van der Waals surface area (Å²) in [6, 6.07) is 7.70. The van der Waals surface area contributed by atoms with Gasteiger partial charge in [-0.1, -0.05) is 37.5 Å². The van der Waals surface area contributed by atoms with Crippen LogP contribution in [-0.2, 0) is 16.1 Å². The molecule has 7 nitrogen and oxygen atoms in total. The molecule has 1 amide bonds. The van der Waals surface area contributed by atoms with Gasteiger partial charge in [0.05, 0.1) is 0 Å². The van der Waals surface area contributed by atoms with Crippen molar-refractivity contribution >= 4 is 29.2 Å². The molecule has 1 saturated carbocycles. The average Bonchev–Trinajstić information content (AvgIpc) is 3.09. The molecule has 0 saturated heterocycles. The van der Waals surface area contributed by atoms with Crippen LogP contribution in [0.3, 0.4) is 0 Å². The Morgan fingerprint density at radius 3 is 2.50 bits per heavy atom. The second kappa shape index (κ2) is 10.6. The maximum atomic E-state index is 12.3. The maximum Gasteiger partial charge on any atom is 0.349 e. The molecular weight excluding hydrogens is 430 g/mol. The van der Waals surface area contributed by atoms with Crippen LogP contribution in [0.2, 0.25) is 0 Å². The zero-order chi connectivity index (χ0) is 23.3. The summed E-state index contributed by atoms with van der Waals surface area (Å²) < 4.78 is 5.28. The molecule has 1 heterocycles. The van der Waals surface area contributed by atoms with Gasteiger partial charge in [-0.15, -0.1) is 11.3 Å². The summed E-state index contributed by atoms with van der Waals surface area (Å²) in [5, 5.41) is 18.4. The summed E-state index contributed by atoms with van der Waals surface area (Å²) in [5.74, 6) is -1.64. The van der Waals surface area contributed by atoms with Crippen molar-refractivity contribution in [2.24, 2.45) is 5.92 Å². The number of thiophene rings is 1. The second-order valence-electron chi connectivity index (χ2n) is 8.31. The predicted octanol–water partition coefficient (Wildman–Crippen LogP) is 4.81. The quantitative estimate of drug-likeness (QED) is 0.557. The van der Waals surface area contributed by atoms with Gasteiger partial charge in [-0.25, -0.2) is 9.59 Å². The van der Waals surface area contributed by atoms with Crippen LogP contribution < -0.4 is 4.74 Å². The summed E-state index contributed by atoms with van der Waals surface area (Å²) in [4.78, 5) is 37.4. The van der Waals surface area contributed by atoms with Gasteiger partial charge in [0, 0.05) is 30.5 Å². The van der Waals surface area contributed by atoms with Crippen molar-refractivity contribution in [3.05, 3.63) is 40.3 Å². The Bertz CT molecular complexity index is 992. The molecule has 1 aliphatic rings. The molecule has 0 unspecified atom stereocenters. The highest BCUT2D eigenvalue weighted by Gasteiger charge is 2.24. The average molecular weight is 460 g/mol. The van der Waals surface area contributed by atoms with E-state index < -0.39 is 18.5 Å². The van der Waals surface area contributed by atoms with Gasteiger partial charge in [0.2, 0.25) is 5.91 Å². The second-order valence-corrected chi connectivity index (χ2v) is 9.33. The minimum atomic E-state index is -1.17. The molecule has 0 radical (unpaired) electrons. The predicted molar refractivity (Wildman–Crippen MR) is 122 cm³/mol. The third-order valence-corrected chi connectivity index (χ3v) is 7.15. The van der Waals surface area contributed by atoms with Crippen LogP contribution in [-0.4, -0.2) is 46.1 Å². The number of rotatable bonds is 9. The van der Waals surface area contributed by atoms with E-state index >= 15 is 0 Å².